The molecule has 0 N–H and O–H groups in total. The van der Waals surface area contributed by atoms with E-state index >= 15 is 0 Å². The monoisotopic (exact) mass is 359 g/mol. The maximum Gasteiger partial charge on any atom is 0.264 e. The standard InChI is InChI=1S/C17H17N3O2S2/c21-17(15-4-2-10-24-15)20-7-5-19(6-8-20)11-13-12-22-16(18-13)14-3-1-9-23-14/h1-4,9-10,12H,5-8,11H2. The maximum absolute atomic E-state index is 12.4. The summed E-state index contributed by atoms with van der Waals surface area (Å²) >= 11 is 3.13. The minimum Gasteiger partial charge on any atom is -0.444 e. The first kappa shape index (κ1) is 15.6. The van der Waals surface area contributed by atoms with Gasteiger partial charge in [0.05, 0.1) is 15.4 Å². The van der Waals surface area contributed by atoms with E-state index in [-0.39, 0.29) is 5.91 Å². The van der Waals surface area contributed by atoms with Crippen molar-refractivity contribution in [1.29, 1.82) is 0 Å². The van der Waals surface area contributed by atoms with Gasteiger partial charge in [0.1, 0.15) is 6.26 Å². The molecular formula is C17H17N3O2S2. The summed E-state index contributed by atoms with van der Waals surface area (Å²) < 4.78 is 5.57. The second-order valence-corrected chi connectivity index (χ2v) is 7.56. The first-order chi connectivity index (χ1) is 11.8. The molecule has 0 saturated carbocycles. The van der Waals surface area contributed by atoms with Crippen LogP contribution in [0.2, 0.25) is 0 Å². The molecule has 124 valence electrons. The van der Waals surface area contributed by atoms with Crippen LogP contribution in [-0.2, 0) is 6.54 Å². The van der Waals surface area contributed by atoms with Crippen LogP contribution >= 0.6 is 22.7 Å². The second-order valence-electron chi connectivity index (χ2n) is 5.67. The summed E-state index contributed by atoms with van der Waals surface area (Å²) in [7, 11) is 0. The van der Waals surface area contributed by atoms with Crippen LogP contribution in [0.4, 0.5) is 0 Å². The van der Waals surface area contributed by atoms with Gasteiger partial charge in [0.15, 0.2) is 0 Å². The number of amides is 1. The zero-order valence-corrected chi connectivity index (χ0v) is 14.7. The van der Waals surface area contributed by atoms with Crippen LogP contribution < -0.4 is 0 Å². The molecule has 0 atom stereocenters. The molecule has 1 amide bonds. The highest BCUT2D eigenvalue weighted by Gasteiger charge is 2.23. The summed E-state index contributed by atoms with van der Waals surface area (Å²) in [6, 6.07) is 7.81. The minimum atomic E-state index is 0.145. The fraction of sp³-hybridized carbons (Fsp3) is 0.294. The van der Waals surface area contributed by atoms with E-state index in [4.69, 9.17) is 4.42 Å². The number of rotatable bonds is 4. The average molecular weight is 359 g/mol. The van der Waals surface area contributed by atoms with Crippen LogP contribution in [0.15, 0.2) is 45.7 Å². The number of carbonyl (C=O) groups excluding carboxylic acids is 1. The molecule has 0 bridgehead atoms. The van der Waals surface area contributed by atoms with Crippen molar-refractivity contribution in [3.63, 3.8) is 0 Å². The summed E-state index contributed by atoms with van der Waals surface area (Å²) in [5.74, 6) is 0.831. The Hall–Kier alpha value is -1.96. The van der Waals surface area contributed by atoms with Crippen LogP contribution in [0, 0.1) is 0 Å². The first-order valence-electron chi connectivity index (χ1n) is 7.83. The number of thiophene rings is 2. The van der Waals surface area contributed by atoms with Gasteiger partial charge in [-0.2, -0.15) is 0 Å². The van der Waals surface area contributed by atoms with Crippen molar-refractivity contribution in [3.05, 3.63) is 51.9 Å². The number of aromatic nitrogens is 1. The molecule has 5 nitrogen and oxygen atoms in total. The Kier molecular flexibility index (Phi) is 4.46. The largest absolute Gasteiger partial charge is 0.444 e. The van der Waals surface area contributed by atoms with Gasteiger partial charge in [-0.05, 0) is 22.9 Å². The lowest BCUT2D eigenvalue weighted by Gasteiger charge is -2.34. The Bertz CT molecular complexity index is 788. The Balaban J connectivity index is 1.33. The predicted molar refractivity (Wildman–Crippen MR) is 95.3 cm³/mol. The van der Waals surface area contributed by atoms with Gasteiger partial charge in [-0.25, -0.2) is 4.98 Å². The molecule has 3 aromatic rings. The normalized spacial score (nSPS) is 15.8. The highest BCUT2D eigenvalue weighted by molar-refractivity contribution is 7.13. The Morgan fingerprint density at radius 1 is 1.12 bits per heavy atom. The summed E-state index contributed by atoms with van der Waals surface area (Å²) in [5, 5.41) is 3.96. The van der Waals surface area contributed by atoms with Crippen LogP contribution in [-0.4, -0.2) is 46.9 Å². The summed E-state index contributed by atoms with van der Waals surface area (Å²) in [6.45, 7) is 3.99. The number of hydrogen-bond donors (Lipinski definition) is 0. The molecule has 3 aromatic heterocycles. The molecule has 4 rings (SSSR count). The molecule has 7 heteroatoms. The van der Waals surface area contributed by atoms with Gasteiger partial charge < -0.3 is 9.32 Å². The van der Waals surface area contributed by atoms with Gasteiger partial charge in [0, 0.05) is 32.7 Å². The van der Waals surface area contributed by atoms with E-state index in [1.165, 1.54) is 11.3 Å². The molecular weight excluding hydrogens is 342 g/mol. The van der Waals surface area contributed by atoms with Crippen LogP contribution in [0.25, 0.3) is 10.8 Å². The molecule has 1 fully saturated rings. The van der Waals surface area contributed by atoms with E-state index in [0.29, 0.717) is 5.89 Å². The van der Waals surface area contributed by atoms with Crippen molar-refractivity contribution in [2.75, 3.05) is 26.2 Å². The van der Waals surface area contributed by atoms with Gasteiger partial charge in [0.2, 0.25) is 5.89 Å². The zero-order chi connectivity index (χ0) is 16.4. The Labute approximate surface area is 148 Å². The topological polar surface area (TPSA) is 49.6 Å². The molecule has 24 heavy (non-hydrogen) atoms. The lowest BCUT2D eigenvalue weighted by Crippen LogP contribution is -2.48. The highest BCUT2D eigenvalue weighted by atomic mass is 32.1. The molecule has 1 saturated heterocycles. The summed E-state index contributed by atoms with van der Waals surface area (Å²) in [4.78, 5) is 23.0. The number of carbonyl (C=O) groups is 1. The summed E-state index contributed by atoms with van der Waals surface area (Å²) in [6.07, 6.45) is 1.73. The molecule has 4 heterocycles. The molecule has 0 spiro atoms. The predicted octanol–water partition coefficient (Wildman–Crippen LogP) is 3.42. The molecule has 0 aliphatic carbocycles. The van der Waals surface area contributed by atoms with Gasteiger partial charge in [-0.3, -0.25) is 9.69 Å². The molecule has 0 radical (unpaired) electrons. The first-order valence-corrected chi connectivity index (χ1v) is 9.59. The van der Waals surface area contributed by atoms with E-state index in [1.807, 2.05) is 39.9 Å². The van der Waals surface area contributed by atoms with Crippen LogP contribution in [0.3, 0.4) is 0 Å². The fourth-order valence-electron chi connectivity index (χ4n) is 2.79. The highest BCUT2D eigenvalue weighted by Crippen LogP contribution is 2.24. The Morgan fingerprint density at radius 3 is 2.62 bits per heavy atom. The van der Waals surface area contributed by atoms with Gasteiger partial charge in [-0.15, -0.1) is 22.7 Å². The molecule has 1 aliphatic rings. The third kappa shape index (κ3) is 3.28. The van der Waals surface area contributed by atoms with Crippen LogP contribution in [0.1, 0.15) is 15.4 Å². The summed E-state index contributed by atoms with van der Waals surface area (Å²) in [5.41, 5.74) is 0.941. The van der Waals surface area contributed by atoms with Crippen molar-refractivity contribution in [3.8, 4) is 10.8 Å². The quantitative estimate of drug-likeness (QED) is 0.716. The molecule has 0 unspecified atom stereocenters. The van der Waals surface area contributed by atoms with E-state index in [0.717, 1.165) is 48.2 Å². The van der Waals surface area contributed by atoms with Crippen molar-refractivity contribution >= 4 is 28.6 Å². The lowest BCUT2D eigenvalue weighted by molar-refractivity contribution is 0.0631. The zero-order valence-electron chi connectivity index (χ0n) is 13.1. The van der Waals surface area contributed by atoms with E-state index < -0.39 is 0 Å². The van der Waals surface area contributed by atoms with E-state index in [2.05, 4.69) is 9.88 Å². The Morgan fingerprint density at radius 2 is 1.92 bits per heavy atom. The third-order valence-electron chi connectivity index (χ3n) is 4.06. The number of piperazine rings is 1. The maximum atomic E-state index is 12.4. The lowest BCUT2D eigenvalue weighted by atomic mass is 10.2. The van der Waals surface area contributed by atoms with E-state index in [9.17, 15) is 4.79 Å². The number of oxazole rings is 1. The molecule has 1 aliphatic heterocycles. The average Bonchev–Trinajstić information content (AvgIpc) is 3.36. The number of nitrogens with zero attached hydrogens (tertiary/aromatic N) is 3. The molecule has 0 aromatic carbocycles. The van der Waals surface area contributed by atoms with Crippen molar-refractivity contribution in [2.45, 2.75) is 6.54 Å². The van der Waals surface area contributed by atoms with Gasteiger partial charge >= 0.3 is 0 Å². The second kappa shape index (κ2) is 6.88. The van der Waals surface area contributed by atoms with Crippen molar-refractivity contribution in [2.24, 2.45) is 0 Å². The smallest absolute Gasteiger partial charge is 0.264 e. The third-order valence-corrected chi connectivity index (χ3v) is 5.78. The van der Waals surface area contributed by atoms with E-state index in [1.54, 1.807) is 17.6 Å². The fourth-order valence-corrected chi connectivity index (χ4v) is 4.13. The van der Waals surface area contributed by atoms with Crippen molar-refractivity contribution < 1.29 is 9.21 Å². The van der Waals surface area contributed by atoms with Crippen LogP contribution in [0.5, 0.6) is 0 Å². The minimum absolute atomic E-state index is 0.145. The van der Waals surface area contributed by atoms with Gasteiger partial charge in [-0.1, -0.05) is 12.1 Å². The SMILES string of the molecule is O=C(c1cccs1)N1CCN(Cc2coc(-c3cccs3)n2)CC1. The van der Waals surface area contributed by atoms with Gasteiger partial charge in [0.25, 0.3) is 5.91 Å². The number of hydrogen-bond acceptors (Lipinski definition) is 6. The van der Waals surface area contributed by atoms with Crippen molar-refractivity contribution in [1.82, 2.24) is 14.8 Å².